The third-order valence-corrected chi connectivity index (χ3v) is 3.18. The fourth-order valence-electron chi connectivity index (χ4n) is 1.86. The van der Waals surface area contributed by atoms with E-state index in [1.54, 1.807) is 43.3 Å². The van der Waals surface area contributed by atoms with Crippen LogP contribution in [0.5, 0.6) is 0 Å². The number of rotatable bonds is 6. The molecule has 1 unspecified atom stereocenters. The van der Waals surface area contributed by atoms with Crippen molar-refractivity contribution in [1.82, 2.24) is 14.8 Å². The van der Waals surface area contributed by atoms with Crippen LogP contribution in [0, 0.1) is 0 Å². The highest BCUT2D eigenvalue weighted by molar-refractivity contribution is 5.99. The average molecular weight is 325 g/mol. The van der Waals surface area contributed by atoms with Gasteiger partial charge in [-0.15, -0.1) is 0 Å². The van der Waals surface area contributed by atoms with Crippen LogP contribution < -0.4 is 10.6 Å². The third-order valence-electron chi connectivity index (χ3n) is 3.18. The molecule has 1 aromatic heterocycles. The van der Waals surface area contributed by atoms with Crippen LogP contribution in [0.4, 0.5) is 11.4 Å². The maximum Gasteiger partial charge on any atom is 0.249 e. The fraction of sp³-hybridized carbons (Fsp3) is 0.176. The standard InChI is InChI=1S/C17H19N5O2/c1-3-4-5-6-16(23)20-14-7-9-15(10-8-14)21-17(24)13(2)22-12-18-11-19-22/h3-13H,1-2H3,(H,20,23)(H,21,24)/b4-3+,6-5+. The van der Waals surface area contributed by atoms with Crippen LogP contribution in [-0.4, -0.2) is 26.6 Å². The molecule has 0 bridgehead atoms. The zero-order valence-corrected chi connectivity index (χ0v) is 13.5. The Labute approximate surface area is 140 Å². The molecule has 0 saturated carbocycles. The van der Waals surface area contributed by atoms with Gasteiger partial charge >= 0.3 is 0 Å². The quantitative estimate of drug-likeness (QED) is 0.631. The molecule has 2 amide bonds. The Morgan fingerprint density at radius 3 is 2.38 bits per heavy atom. The van der Waals surface area contributed by atoms with Crippen LogP contribution in [0.3, 0.4) is 0 Å². The summed E-state index contributed by atoms with van der Waals surface area (Å²) in [5.41, 5.74) is 1.28. The molecule has 2 N–H and O–H groups in total. The van der Waals surface area contributed by atoms with Gasteiger partial charge in [-0.3, -0.25) is 9.59 Å². The van der Waals surface area contributed by atoms with Gasteiger partial charge < -0.3 is 10.6 Å². The van der Waals surface area contributed by atoms with Crippen molar-refractivity contribution in [2.45, 2.75) is 19.9 Å². The molecule has 0 saturated heterocycles. The lowest BCUT2D eigenvalue weighted by Gasteiger charge is -2.12. The van der Waals surface area contributed by atoms with Gasteiger partial charge in [-0.1, -0.05) is 18.2 Å². The normalized spacial score (nSPS) is 12.4. The Bertz CT molecular complexity index is 733. The summed E-state index contributed by atoms with van der Waals surface area (Å²) < 4.78 is 1.47. The van der Waals surface area contributed by atoms with E-state index in [2.05, 4.69) is 20.7 Å². The maximum absolute atomic E-state index is 12.1. The lowest BCUT2D eigenvalue weighted by atomic mass is 10.2. The van der Waals surface area contributed by atoms with E-state index < -0.39 is 6.04 Å². The summed E-state index contributed by atoms with van der Waals surface area (Å²) in [5.74, 6) is -0.420. The summed E-state index contributed by atoms with van der Waals surface area (Å²) in [6.07, 6.45) is 9.58. The van der Waals surface area contributed by atoms with Crippen molar-refractivity contribution in [2.75, 3.05) is 10.6 Å². The third kappa shape index (κ3) is 4.91. The number of nitrogens with one attached hydrogen (secondary N) is 2. The van der Waals surface area contributed by atoms with Gasteiger partial charge in [0.15, 0.2) is 0 Å². The molecular formula is C17H19N5O2. The smallest absolute Gasteiger partial charge is 0.249 e. The fourth-order valence-corrected chi connectivity index (χ4v) is 1.86. The Balaban J connectivity index is 1.92. The van der Waals surface area contributed by atoms with Gasteiger partial charge in [-0.25, -0.2) is 9.67 Å². The summed E-state index contributed by atoms with van der Waals surface area (Å²) in [4.78, 5) is 27.6. The van der Waals surface area contributed by atoms with Gasteiger partial charge in [-0.05, 0) is 38.1 Å². The molecule has 7 nitrogen and oxygen atoms in total. The molecule has 1 atom stereocenters. The molecule has 0 aliphatic heterocycles. The van der Waals surface area contributed by atoms with Crippen molar-refractivity contribution in [3.63, 3.8) is 0 Å². The first-order valence-corrected chi connectivity index (χ1v) is 7.45. The molecule has 0 radical (unpaired) electrons. The van der Waals surface area contributed by atoms with Crippen molar-refractivity contribution in [3.8, 4) is 0 Å². The summed E-state index contributed by atoms with van der Waals surface area (Å²) in [6.45, 7) is 3.61. The van der Waals surface area contributed by atoms with Gasteiger partial charge in [0.1, 0.15) is 18.7 Å². The number of hydrogen-bond acceptors (Lipinski definition) is 4. The second kappa shape index (κ2) is 8.42. The highest BCUT2D eigenvalue weighted by Crippen LogP contribution is 2.15. The van der Waals surface area contributed by atoms with Crippen LogP contribution >= 0.6 is 0 Å². The van der Waals surface area contributed by atoms with Gasteiger partial charge in [0.05, 0.1) is 0 Å². The molecule has 2 rings (SSSR count). The summed E-state index contributed by atoms with van der Waals surface area (Å²) in [5, 5.41) is 9.46. The largest absolute Gasteiger partial charge is 0.324 e. The van der Waals surface area contributed by atoms with Gasteiger partial charge in [0, 0.05) is 17.5 Å². The minimum atomic E-state index is -0.469. The zero-order chi connectivity index (χ0) is 17.4. The van der Waals surface area contributed by atoms with Gasteiger partial charge in [-0.2, -0.15) is 5.10 Å². The van der Waals surface area contributed by atoms with Gasteiger partial charge in [0.25, 0.3) is 0 Å². The molecule has 0 aliphatic carbocycles. The molecule has 0 spiro atoms. The molecule has 24 heavy (non-hydrogen) atoms. The Kier molecular flexibility index (Phi) is 6.01. The lowest BCUT2D eigenvalue weighted by Crippen LogP contribution is -2.24. The van der Waals surface area contributed by atoms with Crippen molar-refractivity contribution >= 4 is 23.2 Å². The van der Waals surface area contributed by atoms with E-state index >= 15 is 0 Å². The van der Waals surface area contributed by atoms with E-state index in [-0.39, 0.29) is 11.8 Å². The molecule has 124 valence electrons. The number of nitrogens with zero attached hydrogens (tertiary/aromatic N) is 3. The molecule has 1 aromatic carbocycles. The Hall–Kier alpha value is -3.22. The summed E-state index contributed by atoms with van der Waals surface area (Å²) >= 11 is 0. The number of allylic oxidation sites excluding steroid dienone is 3. The lowest BCUT2D eigenvalue weighted by molar-refractivity contribution is -0.119. The van der Waals surface area contributed by atoms with E-state index in [0.717, 1.165) is 0 Å². The van der Waals surface area contributed by atoms with Crippen molar-refractivity contribution in [1.29, 1.82) is 0 Å². The molecule has 1 heterocycles. The van der Waals surface area contributed by atoms with E-state index in [1.165, 1.54) is 23.4 Å². The van der Waals surface area contributed by atoms with Crippen LogP contribution in [0.1, 0.15) is 19.9 Å². The monoisotopic (exact) mass is 325 g/mol. The summed E-state index contributed by atoms with van der Waals surface area (Å²) in [6, 6.07) is 6.41. The molecule has 2 aromatic rings. The topological polar surface area (TPSA) is 88.9 Å². The number of benzene rings is 1. The minimum absolute atomic E-state index is 0.202. The van der Waals surface area contributed by atoms with E-state index in [4.69, 9.17) is 0 Å². The maximum atomic E-state index is 12.1. The van der Waals surface area contributed by atoms with Crippen molar-refractivity contribution in [3.05, 3.63) is 61.2 Å². The highest BCUT2D eigenvalue weighted by Gasteiger charge is 2.15. The average Bonchev–Trinajstić information content (AvgIpc) is 3.10. The van der Waals surface area contributed by atoms with E-state index in [9.17, 15) is 9.59 Å². The van der Waals surface area contributed by atoms with Crippen molar-refractivity contribution < 1.29 is 9.59 Å². The van der Waals surface area contributed by atoms with Crippen LogP contribution in [0.15, 0.2) is 61.2 Å². The number of anilines is 2. The minimum Gasteiger partial charge on any atom is -0.324 e. The second-order valence-corrected chi connectivity index (χ2v) is 4.99. The number of amides is 2. The predicted octanol–water partition coefficient (Wildman–Crippen LogP) is 2.55. The van der Waals surface area contributed by atoms with Crippen molar-refractivity contribution in [2.24, 2.45) is 0 Å². The summed E-state index contributed by atoms with van der Waals surface area (Å²) in [7, 11) is 0. The first-order chi connectivity index (χ1) is 11.6. The SMILES string of the molecule is C/C=C/C=C/C(=O)Nc1ccc(NC(=O)C(C)n2cncn2)cc1. The molecular weight excluding hydrogens is 306 g/mol. The van der Waals surface area contributed by atoms with Gasteiger partial charge in [0.2, 0.25) is 11.8 Å². The van der Waals surface area contributed by atoms with Crippen LogP contribution in [0.2, 0.25) is 0 Å². The number of hydrogen-bond donors (Lipinski definition) is 2. The Morgan fingerprint density at radius 1 is 1.12 bits per heavy atom. The first kappa shape index (κ1) is 17.1. The number of carbonyl (C=O) groups is 2. The van der Waals surface area contributed by atoms with Crippen LogP contribution in [0.25, 0.3) is 0 Å². The number of carbonyl (C=O) groups excluding carboxylic acids is 2. The highest BCUT2D eigenvalue weighted by atomic mass is 16.2. The molecule has 0 fully saturated rings. The molecule has 0 aliphatic rings. The van der Waals surface area contributed by atoms with E-state index in [1.807, 2.05) is 13.0 Å². The van der Waals surface area contributed by atoms with Crippen LogP contribution in [-0.2, 0) is 9.59 Å². The zero-order valence-electron chi connectivity index (χ0n) is 13.5. The second-order valence-electron chi connectivity index (χ2n) is 4.99. The predicted molar refractivity (Wildman–Crippen MR) is 92.4 cm³/mol. The van der Waals surface area contributed by atoms with E-state index in [0.29, 0.717) is 11.4 Å². The number of aromatic nitrogens is 3. The molecule has 7 heteroatoms. The first-order valence-electron chi connectivity index (χ1n) is 7.45. The Morgan fingerprint density at radius 2 is 1.79 bits per heavy atom.